The number of aromatic nitrogens is 1. The van der Waals surface area contributed by atoms with Crippen LogP contribution in [0.5, 0.6) is 0 Å². The number of nitrogens with one attached hydrogen (secondary N) is 2. The minimum atomic E-state index is -4.93. The van der Waals surface area contributed by atoms with E-state index in [0.29, 0.717) is 23.4 Å². The molecule has 2 amide bonds. The first-order valence-corrected chi connectivity index (χ1v) is 9.31. The molecule has 0 saturated carbocycles. The molecule has 2 N–H and O–H groups in total. The zero-order chi connectivity index (χ0) is 23.3. The van der Waals surface area contributed by atoms with E-state index in [-0.39, 0.29) is 11.3 Å². The van der Waals surface area contributed by atoms with Crippen LogP contribution in [0.4, 0.5) is 28.9 Å². The lowest BCUT2D eigenvalue weighted by atomic mass is 10.1. The lowest BCUT2D eigenvalue weighted by Gasteiger charge is -2.12. The maximum atomic E-state index is 13.4. The Bertz CT molecular complexity index is 1180. The van der Waals surface area contributed by atoms with Gasteiger partial charge in [-0.2, -0.15) is 13.2 Å². The van der Waals surface area contributed by atoms with Gasteiger partial charge in [0.15, 0.2) is 0 Å². The number of rotatable bonds is 5. The number of hydrogen-bond donors (Lipinski definition) is 2. The van der Waals surface area contributed by atoms with Crippen molar-refractivity contribution in [1.29, 1.82) is 0 Å². The molecule has 164 valence electrons. The van der Waals surface area contributed by atoms with Gasteiger partial charge in [0.1, 0.15) is 5.82 Å². The number of alkyl halides is 3. The summed E-state index contributed by atoms with van der Waals surface area (Å²) in [5, 5.41) is 5.12. The first-order valence-electron chi connectivity index (χ1n) is 9.31. The van der Waals surface area contributed by atoms with E-state index in [1.54, 1.807) is 43.6 Å². The molecule has 0 fully saturated rings. The molecule has 9 heteroatoms. The molecule has 0 bridgehead atoms. The molecular formula is C23H17F4N3O2. The van der Waals surface area contributed by atoms with Gasteiger partial charge < -0.3 is 10.6 Å². The molecule has 3 rings (SSSR count). The standard InChI is InChI=1S/C23H17F4N3O2/c1-14-4-7-17(12-20(14)30-21(31)9-5-15-3-2-10-28-13-15)29-22(32)16-6-8-19(24)18(11-16)23(25,26)27/h2-13H,1H3,(H,29,32)(H,30,31). The van der Waals surface area contributed by atoms with Crippen LogP contribution in [0.1, 0.15) is 27.0 Å². The highest BCUT2D eigenvalue weighted by Crippen LogP contribution is 2.32. The highest BCUT2D eigenvalue weighted by atomic mass is 19.4. The van der Waals surface area contributed by atoms with Gasteiger partial charge in [-0.25, -0.2) is 4.39 Å². The number of carbonyl (C=O) groups is 2. The minimum absolute atomic E-state index is 0.241. The van der Waals surface area contributed by atoms with Gasteiger partial charge in [-0.3, -0.25) is 14.6 Å². The number of carbonyl (C=O) groups excluding carboxylic acids is 2. The summed E-state index contributed by atoms with van der Waals surface area (Å²) in [5.74, 6) is -2.74. The predicted octanol–water partition coefficient (Wildman–Crippen LogP) is 5.45. The Morgan fingerprint density at radius 2 is 1.81 bits per heavy atom. The number of pyridine rings is 1. The van der Waals surface area contributed by atoms with E-state index in [4.69, 9.17) is 0 Å². The predicted molar refractivity (Wildman–Crippen MR) is 112 cm³/mol. The van der Waals surface area contributed by atoms with Gasteiger partial charge >= 0.3 is 6.18 Å². The Hall–Kier alpha value is -4.01. The first-order chi connectivity index (χ1) is 15.1. The van der Waals surface area contributed by atoms with Crippen molar-refractivity contribution in [1.82, 2.24) is 4.98 Å². The fraction of sp³-hybridized carbons (Fsp3) is 0.0870. The largest absolute Gasteiger partial charge is 0.419 e. The van der Waals surface area contributed by atoms with E-state index in [9.17, 15) is 27.2 Å². The van der Waals surface area contributed by atoms with E-state index >= 15 is 0 Å². The molecule has 0 radical (unpaired) electrons. The van der Waals surface area contributed by atoms with Crippen molar-refractivity contribution in [3.8, 4) is 0 Å². The number of benzene rings is 2. The first kappa shape index (κ1) is 22.7. The Morgan fingerprint density at radius 3 is 2.50 bits per heavy atom. The lowest BCUT2D eigenvalue weighted by molar-refractivity contribution is -0.140. The van der Waals surface area contributed by atoms with Gasteiger partial charge in [-0.05, 0) is 60.5 Å². The average Bonchev–Trinajstić information content (AvgIpc) is 2.75. The van der Waals surface area contributed by atoms with Crippen LogP contribution in [0.2, 0.25) is 0 Å². The second-order valence-corrected chi connectivity index (χ2v) is 6.79. The fourth-order valence-corrected chi connectivity index (χ4v) is 2.74. The van der Waals surface area contributed by atoms with Crippen molar-refractivity contribution in [2.24, 2.45) is 0 Å². The molecule has 5 nitrogen and oxygen atoms in total. The Labute approximate surface area is 180 Å². The quantitative estimate of drug-likeness (QED) is 0.407. The highest BCUT2D eigenvalue weighted by molar-refractivity contribution is 6.06. The second kappa shape index (κ2) is 9.42. The summed E-state index contributed by atoms with van der Waals surface area (Å²) in [5.41, 5.74) is 0.195. The van der Waals surface area contributed by atoms with E-state index in [2.05, 4.69) is 15.6 Å². The smallest absolute Gasteiger partial charge is 0.322 e. The molecule has 0 saturated heterocycles. The van der Waals surface area contributed by atoms with Gasteiger partial charge in [0, 0.05) is 35.4 Å². The van der Waals surface area contributed by atoms with Crippen molar-refractivity contribution in [2.45, 2.75) is 13.1 Å². The van der Waals surface area contributed by atoms with Crippen LogP contribution in [0.25, 0.3) is 6.08 Å². The molecule has 2 aromatic carbocycles. The molecule has 0 atom stereocenters. The third-order valence-corrected chi connectivity index (χ3v) is 4.40. The van der Waals surface area contributed by atoms with E-state index in [0.717, 1.165) is 11.6 Å². The summed E-state index contributed by atoms with van der Waals surface area (Å²) in [6.07, 6.45) is 1.17. The molecule has 0 aliphatic heterocycles. The normalized spacial score (nSPS) is 11.4. The van der Waals surface area contributed by atoms with Gasteiger partial charge in [0.05, 0.1) is 5.56 Å². The Morgan fingerprint density at radius 1 is 1.03 bits per heavy atom. The summed E-state index contributed by atoms with van der Waals surface area (Å²) in [7, 11) is 0. The van der Waals surface area contributed by atoms with Crippen molar-refractivity contribution in [3.05, 3.63) is 95.1 Å². The van der Waals surface area contributed by atoms with Gasteiger partial charge in [-0.1, -0.05) is 12.1 Å². The monoisotopic (exact) mass is 443 g/mol. The van der Waals surface area contributed by atoms with Crippen LogP contribution in [0.3, 0.4) is 0 Å². The van der Waals surface area contributed by atoms with Crippen molar-refractivity contribution >= 4 is 29.3 Å². The summed E-state index contributed by atoms with van der Waals surface area (Å²) in [4.78, 5) is 28.5. The van der Waals surface area contributed by atoms with Gasteiger partial charge in [0.2, 0.25) is 5.91 Å². The Kier molecular flexibility index (Phi) is 6.67. The summed E-state index contributed by atoms with van der Waals surface area (Å²) >= 11 is 0. The third kappa shape index (κ3) is 5.78. The van der Waals surface area contributed by atoms with Crippen molar-refractivity contribution in [2.75, 3.05) is 10.6 Å². The number of halogens is 4. The molecule has 1 heterocycles. The number of anilines is 2. The SMILES string of the molecule is Cc1ccc(NC(=O)c2ccc(F)c(C(F)(F)F)c2)cc1NC(=O)C=Cc1cccnc1. The van der Waals surface area contributed by atoms with Crippen molar-refractivity contribution in [3.63, 3.8) is 0 Å². The summed E-state index contributed by atoms with van der Waals surface area (Å²) in [6.45, 7) is 1.74. The van der Waals surface area contributed by atoms with Crippen LogP contribution in [0.15, 0.2) is 67.0 Å². The third-order valence-electron chi connectivity index (χ3n) is 4.40. The lowest BCUT2D eigenvalue weighted by Crippen LogP contribution is -2.16. The van der Waals surface area contributed by atoms with Gasteiger partial charge in [-0.15, -0.1) is 0 Å². The average molecular weight is 443 g/mol. The molecule has 3 aromatic rings. The van der Waals surface area contributed by atoms with Crippen LogP contribution >= 0.6 is 0 Å². The molecular weight excluding hydrogens is 426 g/mol. The molecule has 1 aromatic heterocycles. The highest BCUT2D eigenvalue weighted by Gasteiger charge is 2.34. The zero-order valence-electron chi connectivity index (χ0n) is 16.7. The van der Waals surface area contributed by atoms with E-state index < -0.39 is 29.4 Å². The van der Waals surface area contributed by atoms with Crippen LogP contribution in [0, 0.1) is 12.7 Å². The number of nitrogens with zero attached hydrogens (tertiary/aromatic N) is 1. The van der Waals surface area contributed by atoms with E-state index in [1.165, 1.54) is 18.2 Å². The van der Waals surface area contributed by atoms with Crippen LogP contribution in [-0.2, 0) is 11.0 Å². The Balaban J connectivity index is 1.74. The van der Waals surface area contributed by atoms with E-state index in [1.807, 2.05) is 0 Å². The number of hydrogen-bond acceptors (Lipinski definition) is 3. The van der Waals surface area contributed by atoms with Crippen LogP contribution in [-0.4, -0.2) is 16.8 Å². The molecule has 32 heavy (non-hydrogen) atoms. The summed E-state index contributed by atoms with van der Waals surface area (Å²) in [6, 6.07) is 10.1. The van der Waals surface area contributed by atoms with Crippen LogP contribution < -0.4 is 10.6 Å². The minimum Gasteiger partial charge on any atom is -0.322 e. The summed E-state index contributed by atoms with van der Waals surface area (Å²) < 4.78 is 52.1. The molecule has 0 spiro atoms. The number of aryl methyl sites for hydroxylation is 1. The topological polar surface area (TPSA) is 71.1 Å². The zero-order valence-corrected chi connectivity index (χ0v) is 16.7. The number of amides is 2. The molecule has 0 aliphatic rings. The van der Waals surface area contributed by atoms with Crippen molar-refractivity contribution < 1.29 is 27.2 Å². The van der Waals surface area contributed by atoms with Gasteiger partial charge in [0.25, 0.3) is 5.91 Å². The second-order valence-electron chi connectivity index (χ2n) is 6.79. The molecule has 0 unspecified atom stereocenters. The fourth-order valence-electron chi connectivity index (χ4n) is 2.74. The molecule has 0 aliphatic carbocycles. The maximum Gasteiger partial charge on any atom is 0.419 e. The maximum absolute atomic E-state index is 13.4.